The molecule has 110 valence electrons. The second-order valence-corrected chi connectivity index (χ2v) is 6.98. The maximum Gasteiger partial charge on any atom is 0.367 e. The quantitative estimate of drug-likeness (QED) is 0.770. The van der Waals surface area contributed by atoms with E-state index < -0.39 is 20.6 Å². The third kappa shape index (κ3) is 2.52. The van der Waals surface area contributed by atoms with Gasteiger partial charge in [0.2, 0.25) is 0 Å². The van der Waals surface area contributed by atoms with E-state index in [4.69, 9.17) is 9.47 Å². The number of rotatable bonds is 2. The summed E-state index contributed by atoms with van der Waals surface area (Å²) in [4.78, 5) is 26.3. The average Bonchev–Trinajstić information content (AvgIpc) is 2.57. The van der Waals surface area contributed by atoms with Gasteiger partial charge in [-0.2, -0.15) is 0 Å². The van der Waals surface area contributed by atoms with E-state index in [2.05, 4.69) is 0 Å². The van der Waals surface area contributed by atoms with Gasteiger partial charge >= 0.3 is 10.6 Å². The summed E-state index contributed by atoms with van der Waals surface area (Å²) in [6.07, 6.45) is 0. The van der Waals surface area contributed by atoms with Crippen LogP contribution >= 0.6 is 10.0 Å². The molecule has 0 radical (unpaired) electrons. The van der Waals surface area contributed by atoms with Gasteiger partial charge in [0.05, 0.1) is 14.2 Å². The molecule has 4 nitrogen and oxygen atoms in total. The number of hydrogen-bond acceptors (Lipinski definition) is 4. The van der Waals surface area contributed by atoms with Crippen molar-refractivity contribution in [3.8, 4) is 0 Å². The van der Waals surface area contributed by atoms with Crippen molar-refractivity contribution < 1.29 is 19.1 Å². The van der Waals surface area contributed by atoms with Crippen molar-refractivity contribution in [1.82, 2.24) is 0 Å². The van der Waals surface area contributed by atoms with Crippen LogP contribution in [0.1, 0.15) is 0 Å². The summed E-state index contributed by atoms with van der Waals surface area (Å²) < 4.78 is 9.89. The number of hydrogen-bond donors (Lipinski definition) is 0. The lowest BCUT2D eigenvalue weighted by atomic mass is 10.4. The molecule has 0 fully saturated rings. The van der Waals surface area contributed by atoms with Crippen LogP contribution < -0.4 is 0 Å². The van der Waals surface area contributed by atoms with Crippen LogP contribution in [0, 0.1) is 0 Å². The lowest BCUT2D eigenvalue weighted by Gasteiger charge is -2.33. The summed E-state index contributed by atoms with van der Waals surface area (Å²) in [5, 5.41) is -1.18. The summed E-state index contributed by atoms with van der Waals surface area (Å²) in [5.74, 6) is 0. The van der Waals surface area contributed by atoms with Crippen molar-refractivity contribution in [2.45, 2.75) is 9.79 Å². The number of ether oxygens (including phenoxy) is 2. The number of benzene rings is 2. The van der Waals surface area contributed by atoms with Crippen LogP contribution in [0.15, 0.2) is 70.5 Å². The van der Waals surface area contributed by atoms with Gasteiger partial charge in [0.25, 0.3) is 0 Å². The molecular formula is C16H16O4S. The van der Waals surface area contributed by atoms with Gasteiger partial charge in [-0.15, -0.1) is 0 Å². The Balaban J connectivity index is 2.78. The molecule has 0 aliphatic heterocycles. The first-order valence-corrected chi connectivity index (χ1v) is 7.90. The van der Waals surface area contributed by atoms with E-state index in [1.54, 1.807) is 48.5 Å². The molecule has 0 aliphatic rings. The molecule has 0 aromatic heterocycles. The minimum absolute atomic E-state index is 0.591. The Kier molecular flexibility index (Phi) is 4.65. The van der Waals surface area contributed by atoms with Crippen molar-refractivity contribution in [3.05, 3.63) is 60.7 Å². The number of carbonyl (C=O) groups is 2. The van der Waals surface area contributed by atoms with Crippen LogP contribution in [0.25, 0.3) is 0 Å². The van der Waals surface area contributed by atoms with E-state index in [0.29, 0.717) is 9.79 Å². The van der Waals surface area contributed by atoms with E-state index in [1.807, 2.05) is 12.1 Å². The third-order valence-electron chi connectivity index (χ3n) is 3.03. The lowest BCUT2D eigenvalue weighted by Crippen LogP contribution is -2.22. The monoisotopic (exact) mass is 304 g/mol. The normalized spacial score (nSPS) is 11.5. The van der Waals surface area contributed by atoms with Gasteiger partial charge < -0.3 is 9.47 Å². The minimum Gasteiger partial charge on any atom is -0.461 e. The van der Waals surface area contributed by atoms with E-state index in [1.165, 1.54) is 14.2 Å². The van der Waals surface area contributed by atoms with E-state index in [-0.39, 0.29) is 0 Å². The second kappa shape index (κ2) is 6.45. The van der Waals surface area contributed by atoms with Crippen LogP contribution in [-0.4, -0.2) is 24.8 Å². The molecule has 21 heavy (non-hydrogen) atoms. The van der Waals surface area contributed by atoms with Crippen molar-refractivity contribution in [1.29, 1.82) is 0 Å². The Morgan fingerprint density at radius 2 is 1.05 bits per heavy atom. The maximum atomic E-state index is 12.5. The molecule has 0 amide bonds. The topological polar surface area (TPSA) is 52.6 Å². The smallest absolute Gasteiger partial charge is 0.367 e. The fourth-order valence-corrected chi connectivity index (χ4v) is 4.90. The van der Waals surface area contributed by atoms with E-state index in [0.717, 1.165) is 0 Å². The fraction of sp³-hybridized carbons (Fsp3) is 0.125. The molecule has 0 heterocycles. The zero-order valence-electron chi connectivity index (χ0n) is 11.8. The highest BCUT2D eigenvalue weighted by atomic mass is 32.3. The predicted octanol–water partition coefficient (Wildman–Crippen LogP) is 4.44. The Morgan fingerprint density at radius 1 is 0.714 bits per heavy atom. The van der Waals surface area contributed by atoms with Crippen molar-refractivity contribution in [3.63, 3.8) is 0 Å². The molecule has 0 unspecified atom stereocenters. The van der Waals surface area contributed by atoms with Crippen LogP contribution in [0.5, 0.6) is 0 Å². The summed E-state index contributed by atoms with van der Waals surface area (Å²) in [6.45, 7) is 0. The molecule has 0 aliphatic carbocycles. The molecule has 0 spiro atoms. The van der Waals surface area contributed by atoms with Gasteiger partial charge in [0.1, 0.15) is 0 Å². The van der Waals surface area contributed by atoms with Crippen molar-refractivity contribution in [2.24, 2.45) is 0 Å². The van der Waals surface area contributed by atoms with Crippen molar-refractivity contribution in [2.75, 3.05) is 14.2 Å². The highest BCUT2D eigenvalue weighted by Crippen LogP contribution is 2.64. The van der Waals surface area contributed by atoms with Gasteiger partial charge in [-0.1, -0.05) is 36.4 Å². The average molecular weight is 304 g/mol. The van der Waals surface area contributed by atoms with Gasteiger partial charge in [0.15, 0.2) is 0 Å². The number of methoxy groups -OCH3 is 2. The highest BCUT2D eigenvalue weighted by Gasteiger charge is 2.46. The molecule has 0 saturated heterocycles. The molecule has 0 atom stereocenters. The summed E-state index contributed by atoms with van der Waals surface area (Å²) >= 11 is 0. The Morgan fingerprint density at radius 3 is 1.33 bits per heavy atom. The minimum atomic E-state index is -2.73. The van der Waals surface area contributed by atoms with Crippen LogP contribution in [-0.2, 0) is 9.47 Å². The second-order valence-electron chi connectivity index (χ2n) is 4.15. The summed E-state index contributed by atoms with van der Waals surface area (Å²) in [5.41, 5.74) is 0. The van der Waals surface area contributed by atoms with Crippen molar-refractivity contribution >= 4 is 20.6 Å². The SMILES string of the molecule is COC(=O)S(C(=O)OC)(c1ccccc1)c1ccccc1. The maximum absolute atomic E-state index is 12.5. The molecule has 0 saturated carbocycles. The third-order valence-corrected chi connectivity index (χ3v) is 6.32. The van der Waals surface area contributed by atoms with Gasteiger partial charge in [-0.05, 0) is 24.3 Å². The van der Waals surface area contributed by atoms with E-state index >= 15 is 0 Å². The lowest BCUT2D eigenvalue weighted by molar-refractivity contribution is 0.192. The Hall–Kier alpha value is -2.27. The molecule has 2 aromatic rings. The molecule has 0 N–H and O–H groups in total. The van der Waals surface area contributed by atoms with Gasteiger partial charge in [-0.3, -0.25) is 0 Å². The van der Waals surface area contributed by atoms with E-state index in [9.17, 15) is 9.59 Å². The summed E-state index contributed by atoms with van der Waals surface area (Å²) in [7, 11) is -0.180. The zero-order chi connectivity index (χ0) is 15.3. The van der Waals surface area contributed by atoms with Crippen LogP contribution in [0.3, 0.4) is 0 Å². The van der Waals surface area contributed by atoms with Gasteiger partial charge in [0, 0.05) is 19.8 Å². The van der Waals surface area contributed by atoms with Crippen LogP contribution in [0.4, 0.5) is 9.59 Å². The Bertz CT molecular complexity index is 568. The molecule has 2 aromatic carbocycles. The Labute approximate surface area is 125 Å². The molecule has 5 heteroatoms. The van der Waals surface area contributed by atoms with Gasteiger partial charge in [-0.25, -0.2) is 9.59 Å². The molecule has 0 bridgehead atoms. The predicted molar refractivity (Wildman–Crippen MR) is 81.8 cm³/mol. The highest BCUT2D eigenvalue weighted by molar-refractivity contribution is 8.55. The first-order valence-electron chi connectivity index (χ1n) is 6.27. The molecular weight excluding hydrogens is 288 g/mol. The largest absolute Gasteiger partial charge is 0.461 e. The standard InChI is InChI=1S/C16H16O4S/c1-19-15(17)21(16(18)20-2,13-9-5-3-6-10-13)14-11-7-4-8-12-14/h3-12H,1-2H3. The number of carbonyl (C=O) groups excluding carboxylic acids is 2. The summed E-state index contributed by atoms with van der Waals surface area (Å²) in [6, 6.07) is 17.8. The fourth-order valence-electron chi connectivity index (χ4n) is 2.09. The molecule has 2 rings (SSSR count). The van der Waals surface area contributed by atoms with Crippen LogP contribution in [0.2, 0.25) is 0 Å². The first kappa shape index (κ1) is 15.1. The zero-order valence-corrected chi connectivity index (χ0v) is 12.6. The first-order chi connectivity index (χ1) is 10.2.